The molecule has 0 aliphatic rings. The molecule has 0 fully saturated rings. The second-order valence-electron chi connectivity index (χ2n) is 2.83. The summed E-state index contributed by atoms with van der Waals surface area (Å²) in [6.07, 6.45) is 0.209. The average Bonchev–Trinajstić information content (AvgIpc) is 1.84. The van der Waals surface area contributed by atoms with E-state index >= 15 is 0 Å². The summed E-state index contributed by atoms with van der Waals surface area (Å²) in [5.74, 6) is -0.337. The van der Waals surface area contributed by atoms with Crippen LogP contribution in [0.15, 0.2) is 0 Å². The monoisotopic (exact) mass is 194 g/mol. The third kappa shape index (κ3) is 5.09. The molecule has 0 saturated heterocycles. The standard InChI is InChI=1S/C6H14N2O3S/c1-5(2)4-6(9)8-12(10,11)7-3/h5,7H,4H2,1-3H3,(H,8,9). The van der Waals surface area contributed by atoms with E-state index in [1.165, 1.54) is 7.05 Å². The molecule has 0 aromatic carbocycles. The Balaban J connectivity index is 4.02. The molecule has 6 heteroatoms. The van der Waals surface area contributed by atoms with Gasteiger partial charge in [-0.2, -0.15) is 8.42 Å². The second-order valence-corrected chi connectivity index (χ2v) is 4.45. The van der Waals surface area contributed by atoms with Crippen LogP contribution >= 0.6 is 0 Å². The van der Waals surface area contributed by atoms with Crippen LogP contribution in [0.4, 0.5) is 0 Å². The van der Waals surface area contributed by atoms with E-state index in [4.69, 9.17) is 0 Å². The molecule has 0 aromatic heterocycles. The first-order valence-electron chi connectivity index (χ1n) is 3.61. The van der Waals surface area contributed by atoms with Gasteiger partial charge in [0.2, 0.25) is 5.91 Å². The first-order chi connectivity index (χ1) is 5.37. The molecule has 0 atom stereocenters. The molecular formula is C6H14N2O3S. The minimum atomic E-state index is -3.61. The first kappa shape index (κ1) is 11.4. The van der Waals surface area contributed by atoms with Gasteiger partial charge in [-0.05, 0) is 5.92 Å². The molecule has 0 bridgehead atoms. The summed E-state index contributed by atoms with van der Waals surface area (Å²) in [7, 11) is -2.37. The summed E-state index contributed by atoms with van der Waals surface area (Å²) in [5.41, 5.74) is 0. The van der Waals surface area contributed by atoms with Crippen LogP contribution in [0.5, 0.6) is 0 Å². The molecule has 0 heterocycles. The quantitative estimate of drug-likeness (QED) is 0.640. The molecule has 5 nitrogen and oxygen atoms in total. The predicted molar refractivity (Wildman–Crippen MR) is 45.6 cm³/mol. The lowest BCUT2D eigenvalue weighted by Gasteiger charge is -2.06. The fourth-order valence-electron chi connectivity index (χ4n) is 0.613. The van der Waals surface area contributed by atoms with Crippen LogP contribution < -0.4 is 9.44 Å². The van der Waals surface area contributed by atoms with Gasteiger partial charge < -0.3 is 0 Å². The molecule has 0 aromatic rings. The Morgan fingerprint density at radius 2 is 1.92 bits per heavy atom. The Kier molecular flexibility index (Phi) is 4.19. The van der Waals surface area contributed by atoms with E-state index in [-0.39, 0.29) is 12.3 Å². The van der Waals surface area contributed by atoms with Crippen molar-refractivity contribution in [3.8, 4) is 0 Å². The Hall–Kier alpha value is -0.620. The summed E-state index contributed by atoms with van der Waals surface area (Å²) in [6.45, 7) is 3.68. The van der Waals surface area contributed by atoms with E-state index in [1.54, 1.807) is 0 Å². The van der Waals surface area contributed by atoms with Gasteiger partial charge in [-0.25, -0.2) is 9.44 Å². The minimum absolute atomic E-state index is 0.150. The lowest BCUT2D eigenvalue weighted by atomic mass is 10.1. The van der Waals surface area contributed by atoms with Crippen molar-refractivity contribution in [1.82, 2.24) is 9.44 Å². The van der Waals surface area contributed by atoms with Crippen LogP contribution in [0.1, 0.15) is 20.3 Å². The summed E-state index contributed by atoms with van der Waals surface area (Å²) >= 11 is 0. The zero-order valence-corrected chi connectivity index (χ0v) is 8.23. The summed E-state index contributed by atoms with van der Waals surface area (Å²) in [6, 6.07) is 0. The minimum Gasteiger partial charge on any atom is -0.274 e. The van der Waals surface area contributed by atoms with Crippen molar-refractivity contribution in [2.75, 3.05) is 7.05 Å². The van der Waals surface area contributed by atoms with Crippen molar-refractivity contribution in [3.63, 3.8) is 0 Å². The number of nitrogens with one attached hydrogen (secondary N) is 2. The van der Waals surface area contributed by atoms with Crippen molar-refractivity contribution >= 4 is 16.1 Å². The zero-order valence-electron chi connectivity index (χ0n) is 7.42. The Labute approximate surface area is 72.7 Å². The topological polar surface area (TPSA) is 75.3 Å². The molecule has 0 saturated carbocycles. The number of hydrogen-bond acceptors (Lipinski definition) is 3. The SMILES string of the molecule is CNS(=O)(=O)NC(=O)CC(C)C. The van der Waals surface area contributed by atoms with Crippen molar-refractivity contribution < 1.29 is 13.2 Å². The molecule has 0 rings (SSSR count). The van der Waals surface area contributed by atoms with Crippen LogP contribution in [-0.2, 0) is 15.0 Å². The largest absolute Gasteiger partial charge is 0.301 e. The highest BCUT2D eigenvalue weighted by molar-refractivity contribution is 7.88. The lowest BCUT2D eigenvalue weighted by Crippen LogP contribution is -2.38. The maximum Gasteiger partial charge on any atom is 0.301 e. The second kappa shape index (κ2) is 4.42. The smallest absolute Gasteiger partial charge is 0.274 e. The highest BCUT2D eigenvalue weighted by atomic mass is 32.2. The van der Waals surface area contributed by atoms with Crippen LogP contribution in [-0.4, -0.2) is 21.4 Å². The summed E-state index contributed by atoms with van der Waals surface area (Å²) in [5, 5.41) is 0. The van der Waals surface area contributed by atoms with Gasteiger partial charge in [-0.3, -0.25) is 4.79 Å². The molecule has 0 spiro atoms. The van der Waals surface area contributed by atoms with Gasteiger partial charge in [0.15, 0.2) is 0 Å². The van der Waals surface area contributed by atoms with Gasteiger partial charge in [0.1, 0.15) is 0 Å². The van der Waals surface area contributed by atoms with Crippen molar-refractivity contribution in [2.45, 2.75) is 20.3 Å². The normalized spacial score (nSPS) is 11.7. The van der Waals surface area contributed by atoms with E-state index in [2.05, 4.69) is 0 Å². The van der Waals surface area contributed by atoms with Gasteiger partial charge in [-0.15, -0.1) is 0 Å². The average molecular weight is 194 g/mol. The molecule has 0 unspecified atom stereocenters. The van der Waals surface area contributed by atoms with Gasteiger partial charge >= 0.3 is 10.2 Å². The van der Waals surface area contributed by atoms with Crippen molar-refractivity contribution in [3.05, 3.63) is 0 Å². The molecule has 0 aliphatic carbocycles. The zero-order chi connectivity index (χ0) is 9.78. The third-order valence-electron chi connectivity index (χ3n) is 1.11. The molecule has 0 radical (unpaired) electrons. The van der Waals surface area contributed by atoms with Gasteiger partial charge in [0, 0.05) is 13.5 Å². The fraction of sp³-hybridized carbons (Fsp3) is 0.833. The first-order valence-corrected chi connectivity index (χ1v) is 5.10. The molecule has 72 valence electrons. The van der Waals surface area contributed by atoms with Crippen LogP contribution in [0.25, 0.3) is 0 Å². The van der Waals surface area contributed by atoms with Gasteiger partial charge in [0.05, 0.1) is 0 Å². The van der Waals surface area contributed by atoms with Crippen LogP contribution in [0.3, 0.4) is 0 Å². The number of carbonyl (C=O) groups excluding carboxylic acids is 1. The maximum atomic E-state index is 10.9. The third-order valence-corrected chi connectivity index (χ3v) is 2.14. The molecule has 12 heavy (non-hydrogen) atoms. The molecular weight excluding hydrogens is 180 g/mol. The maximum absolute atomic E-state index is 10.9. The van der Waals surface area contributed by atoms with Crippen molar-refractivity contribution in [2.24, 2.45) is 5.92 Å². The molecule has 0 aliphatic heterocycles. The molecule has 1 amide bonds. The highest BCUT2D eigenvalue weighted by Crippen LogP contribution is 1.98. The highest BCUT2D eigenvalue weighted by Gasteiger charge is 2.12. The van der Waals surface area contributed by atoms with E-state index < -0.39 is 16.1 Å². The van der Waals surface area contributed by atoms with E-state index in [0.29, 0.717) is 0 Å². The summed E-state index contributed by atoms with van der Waals surface area (Å²) < 4.78 is 25.3. The Morgan fingerprint density at radius 1 is 1.42 bits per heavy atom. The van der Waals surface area contributed by atoms with Crippen LogP contribution in [0, 0.1) is 5.92 Å². The molecule has 2 N–H and O–H groups in total. The number of hydrogen-bond donors (Lipinski definition) is 2. The van der Waals surface area contributed by atoms with E-state index in [1.807, 2.05) is 23.3 Å². The van der Waals surface area contributed by atoms with Gasteiger partial charge in [0.25, 0.3) is 0 Å². The Bertz CT molecular complexity index is 246. The summed E-state index contributed by atoms with van der Waals surface area (Å²) in [4.78, 5) is 10.9. The van der Waals surface area contributed by atoms with E-state index in [0.717, 1.165) is 0 Å². The van der Waals surface area contributed by atoms with Crippen LogP contribution in [0.2, 0.25) is 0 Å². The van der Waals surface area contributed by atoms with Gasteiger partial charge in [-0.1, -0.05) is 13.8 Å². The van der Waals surface area contributed by atoms with Crippen molar-refractivity contribution in [1.29, 1.82) is 0 Å². The predicted octanol–water partition coefficient (Wildman–Crippen LogP) is -0.387. The van der Waals surface area contributed by atoms with E-state index in [9.17, 15) is 13.2 Å². The number of carbonyl (C=O) groups is 1. The number of rotatable bonds is 4. The Morgan fingerprint density at radius 3 is 2.25 bits per heavy atom. The number of amides is 1. The fourth-order valence-corrected chi connectivity index (χ4v) is 1.10. The lowest BCUT2D eigenvalue weighted by molar-refractivity contribution is -0.120.